The molecule has 0 unspecified atom stereocenters. The van der Waals surface area contributed by atoms with Gasteiger partial charge in [0.25, 0.3) is 10.0 Å². The number of hydrogen-bond acceptors (Lipinski definition) is 5. The predicted octanol–water partition coefficient (Wildman–Crippen LogP) is 1.94. The number of anilines is 3. The monoisotopic (exact) mass is 378 g/mol. The lowest BCUT2D eigenvalue weighted by atomic mass is 10.3. The Morgan fingerprint density at radius 1 is 1.04 bits per heavy atom. The number of primary amides is 1. The van der Waals surface area contributed by atoms with E-state index in [1.807, 2.05) is 0 Å². The van der Waals surface area contributed by atoms with Crippen molar-refractivity contribution >= 4 is 39.0 Å². The topological polar surface area (TPSA) is 140 Å². The summed E-state index contributed by atoms with van der Waals surface area (Å²) in [6.45, 7) is 1.30. The molecule has 2 aromatic rings. The first-order valence-electron chi connectivity index (χ1n) is 7.36. The van der Waals surface area contributed by atoms with Crippen molar-refractivity contribution in [3.05, 3.63) is 42.5 Å². The lowest BCUT2D eigenvalue weighted by molar-refractivity contribution is -0.114. The molecule has 0 aromatic heterocycles. The summed E-state index contributed by atoms with van der Waals surface area (Å²) in [6, 6.07) is 9.35. The van der Waals surface area contributed by atoms with Crippen LogP contribution in [0.2, 0.25) is 0 Å². The third-order valence-electron chi connectivity index (χ3n) is 3.17. The van der Waals surface area contributed by atoms with Crippen LogP contribution in [-0.2, 0) is 14.8 Å². The summed E-state index contributed by atoms with van der Waals surface area (Å²) >= 11 is 0. The first-order valence-corrected chi connectivity index (χ1v) is 8.84. The molecule has 0 saturated carbocycles. The molecule has 0 aliphatic rings. The van der Waals surface area contributed by atoms with Gasteiger partial charge in [-0.25, -0.2) is 13.2 Å². The Morgan fingerprint density at radius 3 is 2.35 bits per heavy atom. The van der Waals surface area contributed by atoms with E-state index in [0.29, 0.717) is 11.4 Å². The van der Waals surface area contributed by atoms with Gasteiger partial charge in [-0.3, -0.25) is 9.52 Å². The number of urea groups is 1. The quantitative estimate of drug-likeness (QED) is 0.608. The number of amides is 3. The van der Waals surface area contributed by atoms with Crippen LogP contribution in [0.5, 0.6) is 5.75 Å². The summed E-state index contributed by atoms with van der Waals surface area (Å²) in [5, 5.41) is 4.87. The molecule has 0 saturated heterocycles. The molecule has 26 heavy (non-hydrogen) atoms. The number of carbonyl (C=O) groups is 2. The molecule has 2 aromatic carbocycles. The lowest BCUT2D eigenvalue weighted by Gasteiger charge is -2.13. The molecule has 0 atom stereocenters. The van der Waals surface area contributed by atoms with Gasteiger partial charge in [-0.15, -0.1) is 0 Å². The molecule has 10 heteroatoms. The molecule has 3 amide bonds. The van der Waals surface area contributed by atoms with Crippen LogP contribution < -0.4 is 25.8 Å². The average molecular weight is 378 g/mol. The molecule has 9 nitrogen and oxygen atoms in total. The Kier molecular flexibility index (Phi) is 5.68. The second kappa shape index (κ2) is 7.74. The normalized spacial score (nSPS) is 10.7. The van der Waals surface area contributed by atoms with E-state index in [1.54, 1.807) is 12.1 Å². The number of nitrogens with one attached hydrogen (secondary N) is 3. The number of carbonyl (C=O) groups excluding carboxylic acids is 2. The van der Waals surface area contributed by atoms with Crippen LogP contribution in [0.15, 0.2) is 47.4 Å². The van der Waals surface area contributed by atoms with Crippen molar-refractivity contribution in [2.45, 2.75) is 11.8 Å². The number of benzene rings is 2. The number of nitrogens with two attached hydrogens (primary N) is 1. The van der Waals surface area contributed by atoms with Crippen LogP contribution in [0, 0.1) is 0 Å². The van der Waals surface area contributed by atoms with Crippen LogP contribution >= 0.6 is 0 Å². The molecule has 138 valence electrons. The first kappa shape index (κ1) is 19.1. The number of hydrogen-bond donors (Lipinski definition) is 4. The minimum atomic E-state index is -3.94. The highest BCUT2D eigenvalue weighted by Crippen LogP contribution is 2.28. The Morgan fingerprint density at radius 2 is 1.73 bits per heavy atom. The number of ether oxygens (including phenoxy) is 1. The zero-order valence-electron chi connectivity index (χ0n) is 14.1. The number of rotatable bonds is 6. The van der Waals surface area contributed by atoms with Crippen LogP contribution in [-0.4, -0.2) is 27.5 Å². The van der Waals surface area contributed by atoms with E-state index in [9.17, 15) is 18.0 Å². The fourth-order valence-electron chi connectivity index (χ4n) is 2.16. The van der Waals surface area contributed by atoms with Crippen molar-refractivity contribution in [3.8, 4) is 5.75 Å². The maximum absolute atomic E-state index is 12.6. The Balaban J connectivity index is 2.33. The molecule has 5 N–H and O–H groups in total. The summed E-state index contributed by atoms with van der Waals surface area (Å²) < 4.78 is 32.7. The maximum atomic E-state index is 12.6. The number of sulfonamides is 1. The fourth-order valence-corrected chi connectivity index (χ4v) is 3.23. The second-order valence-electron chi connectivity index (χ2n) is 5.22. The standard InChI is InChI=1S/C16H18N4O5S/c1-10(21)18-14-9-13(6-7-15(14)25-2)26(23,24)20-12-5-3-4-11(8-12)19-16(17)22/h3-9,20H,1-2H3,(H,18,21)(H3,17,19,22). The molecule has 0 bridgehead atoms. The van der Waals surface area contributed by atoms with Crippen LogP contribution in [0.3, 0.4) is 0 Å². The Hall–Kier alpha value is -3.27. The summed E-state index contributed by atoms with van der Waals surface area (Å²) in [5.74, 6) is -0.0390. The summed E-state index contributed by atoms with van der Waals surface area (Å²) in [5.41, 5.74) is 5.84. The lowest BCUT2D eigenvalue weighted by Crippen LogP contribution is -2.19. The van der Waals surface area contributed by atoms with Gasteiger partial charge in [0.15, 0.2) is 0 Å². The van der Waals surface area contributed by atoms with Crippen molar-refractivity contribution in [2.75, 3.05) is 22.5 Å². The van der Waals surface area contributed by atoms with Gasteiger partial charge in [0.1, 0.15) is 5.75 Å². The van der Waals surface area contributed by atoms with Gasteiger partial charge in [0.2, 0.25) is 5.91 Å². The molecule has 0 aliphatic heterocycles. The van der Waals surface area contributed by atoms with Crippen LogP contribution in [0.25, 0.3) is 0 Å². The van der Waals surface area contributed by atoms with E-state index < -0.39 is 16.1 Å². The number of methoxy groups -OCH3 is 1. The van der Waals surface area contributed by atoms with Crippen molar-refractivity contribution in [2.24, 2.45) is 5.73 Å². The van der Waals surface area contributed by atoms with Crippen molar-refractivity contribution in [3.63, 3.8) is 0 Å². The average Bonchev–Trinajstić information content (AvgIpc) is 2.53. The van der Waals surface area contributed by atoms with E-state index in [1.165, 1.54) is 44.4 Å². The van der Waals surface area contributed by atoms with E-state index in [0.717, 1.165) is 0 Å². The second-order valence-corrected chi connectivity index (χ2v) is 6.90. The van der Waals surface area contributed by atoms with Gasteiger partial charge < -0.3 is 21.1 Å². The molecule has 0 radical (unpaired) electrons. The molecule has 2 rings (SSSR count). The third-order valence-corrected chi connectivity index (χ3v) is 4.55. The third kappa shape index (κ3) is 4.86. The van der Waals surface area contributed by atoms with Gasteiger partial charge in [-0.1, -0.05) is 6.07 Å². The van der Waals surface area contributed by atoms with Crippen LogP contribution in [0.1, 0.15) is 6.92 Å². The fraction of sp³-hybridized carbons (Fsp3) is 0.125. The highest BCUT2D eigenvalue weighted by Gasteiger charge is 2.17. The summed E-state index contributed by atoms with van der Waals surface area (Å²) in [7, 11) is -2.54. The zero-order valence-corrected chi connectivity index (χ0v) is 14.9. The minimum Gasteiger partial charge on any atom is -0.495 e. The van der Waals surface area contributed by atoms with Crippen molar-refractivity contribution in [1.29, 1.82) is 0 Å². The molecule has 0 aliphatic carbocycles. The largest absolute Gasteiger partial charge is 0.495 e. The molecule has 0 fully saturated rings. The molecule has 0 spiro atoms. The van der Waals surface area contributed by atoms with Crippen molar-refractivity contribution in [1.82, 2.24) is 0 Å². The maximum Gasteiger partial charge on any atom is 0.316 e. The predicted molar refractivity (Wildman–Crippen MR) is 97.8 cm³/mol. The first-order chi connectivity index (χ1) is 12.2. The SMILES string of the molecule is COc1ccc(S(=O)(=O)Nc2cccc(NC(N)=O)c2)cc1NC(C)=O. The minimum absolute atomic E-state index is 0.0738. The zero-order chi connectivity index (χ0) is 19.3. The summed E-state index contributed by atoms with van der Waals surface area (Å²) in [4.78, 5) is 22.1. The van der Waals surface area contributed by atoms with E-state index >= 15 is 0 Å². The smallest absolute Gasteiger partial charge is 0.316 e. The van der Waals surface area contributed by atoms with Gasteiger partial charge in [0.05, 0.1) is 23.4 Å². The molecular weight excluding hydrogens is 360 g/mol. The van der Waals surface area contributed by atoms with Crippen molar-refractivity contribution < 1.29 is 22.7 Å². The van der Waals surface area contributed by atoms with Gasteiger partial charge in [-0.05, 0) is 36.4 Å². The molecular formula is C16H18N4O5S. The highest BCUT2D eigenvalue weighted by molar-refractivity contribution is 7.92. The Labute approximate surface area is 150 Å². The van der Waals surface area contributed by atoms with Gasteiger partial charge in [-0.2, -0.15) is 0 Å². The summed E-state index contributed by atoms with van der Waals surface area (Å²) in [6.07, 6.45) is 0. The van der Waals surface area contributed by atoms with Gasteiger partial charge in [0, 0.05) is 12.6 Å². The molecule has 0 heterocycles. The Bertz CT molecular complexity index is 943. The van der Waals surface area contributed by atoms with E-state index in [2.05, 4.69) is 15.4 Å². The van der Waals surface area contributed by atoms with E-state index in [4.69, 9.17) is 10.5 Å². The highest BCUT2D eigenvalue weighted by atomic mass is 32.2. The van der Waals surface area contributed by atoms with Crippen LogP contribution in [0.4, 0.5) is 21.9 Å². The van der Waals surface area contributed by atoms with E-state index in [-0.39, 0.29) is 22.2 Å². The van der Waals surface area contributed by atoms with Gasteiger partial charge >= 0.3 is 6.03 Å².